The third-order valence-corrected chi connectivity index (χ3v) is 6.63. The predicted octanol–water partition coefficient (Wildman–Crippen LogP) is 6.59. The number of aryl methyl sites for hydroxylation is 1. The average molecular weight is 488 g/mol. The zero-order valence-corrected chi connectivity index (χ0v) is 20.5. The summed E-state index contributed by atoms with van der Waals surface area (Å²) in [6, 6.07) is 22.9. The normalized spacial score (nSPS) is 14.5. The number of fused-ring (bicyclic) bond motifs is 3. The highest BCUT2D eigenvalue weighted by atomic mass is 35.5. The van der Waals surface area contributed by atoms with Gasteiger partial charge in [0.25, 0.3) is 0 Å². The number of carbonyl (C=O) groups excluding carboxylic acids is 1. The number of aromatic nitrogens is 1. The number of hydrogen-bond donors (Lipinski definition) is 1. The largest absolute Gasteiger partial charge is 0.493 e. The number of rotatable bonds is 4. The molecule has 4 aromatic rings. The van der Waals surface area contributed by atoms with Gasteiger partial charge in [0.05, 0.1) is 43.2 Å². The molecule has 35 heavy (non-hydrogen) atoms. The van der Waals surface area contributed by atoms with Crippen LogP contribution in [0.25, 0.3) is 5.69 Å². The Morgan fingerprint density at radius 3 is 2.54 bits per heavy atom. The van der Waals surface area contributed by atoms with Crippen LogP contribution in [-0.2, 0) is 6.54 Å². The van der Waals surface area contributed by atoms with Gasteiger partial charge in [-0.1, -0.05) is 41.9 Å². The molecule has 0 radical (unpaired) electrons. The fourth-order valence-electron chi connectivity index (χ4n) is 4.62. The van der Waals surface area contributed by atoms with Crippen molar-refractivity contribution in [2.45, 2.75) is 19.5 Å². The molecule has 0 saturated carbocycles. The first-order valence-corrected chi connectivity index (χ1v) is 11.7. The smallest absolute Gasteiger partial charge is 0.323 e. The van der Waals surface area contributed by atoms with Gasteiger partial charge in [-0.2, -0.15) is 0 Å². The van der Waals surface area contributed by atoms with Gasteiger partial charge in [0.1, 0.15) is 0 Å². The van der Waals surface area contributed by atoms with Crippen LogP contribution in [0, 0.1) is 6.92 Å². The lowest BCUT2D eigenvalue weighted by molar-refractivity contribution is 0.194. The molecule has 3 aromatic carbocycles. The van der Waals surface area contributed by atoms with Gasteiger partial charge in [-0.05, 0) is 66.1 Å². The van der Waals surface area contributed by atoms with Gasteiger partial charge in [0.15, 0.2) is 11.5 Å². The summed E-state index contributed by atoms with van der Waals surface area (Å²) in [4.78, 5) is 15.7. The number of anilines is 1. The molecule has 2 heterocycles. The number of amides is 2. The third-order valence-electron chi connectivity index (χ3n) is 6.31. The van der Waals surface area contributed by atoms with Crippen LogP contribution >= 0.6 is 11.6 Å². The van der Waals surface area contributed by atoms with Crippen molar-refractivity contribution in [1.82, 2.24) is 9.47 Å². The zero-order valence-electron chi connectivity index (χ0n) is 19.8. The van der Waals surface area contributed by atoms with E-state index in [4.69, 9.17) is 21.1 Å². The standard InChI is InChI=1S/C28H26ClN3O3/c1-18-10-12-22(21(29)15-18)30-28(33)32-17-20-7-4-5-8-23(20)31-14-6-9-24(31)27(32)19-11-13-25(34-2)26(16-19)35-3/h4-16,27H,17H2,1-3H3,(H,30,33)/t27-/m0/s1. The third kappa shape index (κ3) is 4.21. The van der Waals surface area contributed by atoms with E-state index < -0.39 is 0 Å². The van der Waals surface area contributed by atoms with Crippen LogP contribution in [0.3, 0.4) is 0 Å². The van der Waals surface area contributed by atoms with Crippen molar-refractivity contribution in [3.8, 4) is 17.2 Å². The van der Waals surface area contributed by atoms with Crippen LogP contribution in [0.15, 0.2) is 79.0 Å². The Labute approximate surface area is 209 Å². The number of urea groups is 1. The minimum Gasteiger partial charge on any atom is -0.493 e. The minimum absolute atomic E-state index is 0.250. The molecular weight excluding hydrogens is 462 g/mol. The molecule has 1 aromatic heterocycles. The van der Waals surface area contributed by atoms with E-state index >= 15 is 0 Å². The first-order chi connectivity index (χ1) is 17.0. The first-order valence-electron chi connectivity index (χ1n) is 11.3. The number of halogens is 1. The summed E-state index contributed by atoms with van der Waals surface area (Å²) in [6.07, 6.45) is 2.03. The second-order valence-corrected chi connectivity index (χ2v) is 8.90. The van der Waals surface area contributed by atoms with Crippen molar-refractivity contribution in [2.75, 3.05) is 19.5 Å². The van der Waals surface area contributed by atoms with Gasteiger partial charge in [0, 0.05) is 11.9 Å². The monoisotopic (exact) mass is 487 g/mol. The molecule has 0 saturated heterocycles. The lowest BCUT2D eigenvalue weighted by Crippen LogP contribution is -2.38. The van der Waals surface area contributed by atoms with Crippen molar-refractivity contribution in [3.05, 3.63) is 106 Å². The van der Waals surface area contributed by atoms with Crippen molar-refractivity contribution in [3.63, 3.8) is 0 Å². The molecule has 0 aliphatic carbocycles. The molecule has 5 rings (SSSR count). The van der Waals surface area contributed by atoms with Gasteiger partial charge in [0.2, 0.25) is 0 Å². The number of hydrogen-bond acceptors (Lipinski definition) is 3. The van der Waals surface area contributed by atoms with E-state index in [0.29, 0.717) is 28.8 Å². The quantitative estimate of drug-likeness (QED) is 0.353. The SMILES string of the molecule is COc1ccc([C@H]2c3cccn3-c3ccccc3CN2C(=O)Nc2ccc(C)cc2Cl)cc1OC. The number of nitrogens with one attached hydrogen (secondary N) is 1. The van der Waals surface area contributed by atoms with Crippen LogP contribution in [0.5, 0.6) is 11.5 Å². The molecular formula is C28H26ClN3O3. The van der Waals surface area contributed by atoms with Crippen LogP contribution in [-0.4, -0.2) is 29.7 Å². The molecule has 1 atom stereocenters. The maximum atomic E-state index is 13.9. The second-order valence-electron chi connectivity index (χ2n) is 8.49. The Morgan fingerprint density at radius 2 is 1.77 bits per heavy atom. The molecule has 178 valence electrons. The molecule has 2 amide bonds. The van der Waals surface area contributed by atoms with Crippen molar-refractivity contribution >= 4 is 23.3 Å². The number of nitrogens with zero attached hydrogens (tertiary/aromatic N) is 2. The van der Waals surface area contributed by atoms with Crippen molar-refractivity contribution < 1.29 is 14.3 Å². The second kappa shape index (κ2) is 9.39. The van der Waals surface area contributed by atoms with E-state index in [2.05, 4.69) is 22.0 Å². The van der Waals surface area contributed by atoms with E-state index in [9.17, 15) is 4.79 Å². The lowest BCUT2D eigenvalue weighted by atomic mass is 10.0. The number of methoxy groups -OCH3 is 2. The van der Waals surface area contributed by atoms with Gasteiger partial charge < -0.3 is 24.3 Å². The van der Waals surface area contributed by atoms with E-state index in [1.807, 2.05) is 78.7 Å². The summed E-state index contributed by atoms with van der Waals surface area (Å²) in [5.41, 5.74) is 5.55. The average Bonchev–Trinajstić information content (AvgIpc) is 3.29. The predicted molar refractivity (Wildman–Crippen MR) is 138 cm³/mol. The Balaban J connectivity index is 1.65. The number of benzene rings is 3. The molecule has 1 N–H and O–H groups in total. The summed E-state index contributed by atoms with van der Waals surface area (Å²) in [7, 11) is 3.22. The molecule has 7 heteroatoms. The Morgan fingerprint density at radius 1 is 0.971 bits per heavy atom. The fourth-order valence-corrected chi connectivity index (χ4v) is 4.90. The van der Waals surface area contributed by atoms with Crippen LogP contribution in [0.4, 0.5) is 10.5 Å². The summed E-state index contributed by atoms with van der Waals surface area (Å²) in [6.45, 7) is 2.37. The van der Waals surface area contributed by atoms with Crippen LogP contribution < -0.4 is 14.8 Å². The Bertz CT molecular complexity index is 1400. The van der Waals surface area contributed by atoms with Gasteiger partial charge in [-0.25, -0.2) is 4.79 Å². The molecule has 1 aliphatic rings. The minimum atomic E-state index is -0.388. The van der Waals surface area contributed by atoms with Crippen LogP contribution in [0.2, 0.25) is 5.02 Å². The van der Waals surface area contributed by atoms with Crippen LogP contribution in [0.1, 0.15) is 28.4 Å². The molecule has 6 nitrogen and oxygen atoms in total. The molecule has 0 spiro atoms. The highest BCUT2D eigenvalue weighted by Crippen LogP contribution is 2.40. The van der Waals surface area contributed by atoms with E-state index in [1.165, 1.54) is 0 Å². The number of para-hydroxylation sites is 1. The van der Waals surface area contributed by atoms with E-state index in [-0.39, 0.29) is 12.1 Å². The zero-order chi connectivity index (χ0) is 24.5. The summed E-state index contributed by atoms with van der Waals surface area (Å²) in [5, 5.41) is 3.53. The van der Waals surface area contributed by atoms with Crippen molar-refractivity contribution in [1.29, 1.82) is 0 Å². The topological polar surface area (TPSA) is 55.7 Å². The summed E-state index contributed by atoms with van der Waals surface area (Å²) < 4.78 is 13.2. The molecule has 0 fully saturated rings. The summed E-state index contributed by atoms with van der Waals surface area (Å²) in [5.74, 6) is 1.23. The first kappa shape index (κ1) is 22.9. The Hall–Kier alpha value is -3.90. The van der Waals surface area contributed by atoms with Gasteiger partial charge in [-0.15, -0.1) is 0 Å². The highest BCUT2D eigenvalue weighted by Gasteiger charge is 2.33. The van der Waals surface area contributed by atoms with E-state index in [0.717, 1.165) is 28.1 Å². The van der Waals surface area contributed by atoms with E-state index in [1.54, 1.807) is 14.2 Å². The molecule has 1 aliphatic heterocycles. The fraction of sp³-hybridized carbons (Fsp3) is 0.179. The summed E-state index contributed by atoms with van der Waals surface area (Å²) >= 11 is 6.45. The Kier molecular flexibility index (Phi) is 6.14. The lowest BCUT2D eigenvalue weighted by Gasteiger charge is -2.31. The number of ether oxygens (including phenoxy) is 2. The molecule has 0 unspecified atom stereocenters. The maximum Gasteiger partial charge on any atom is 0.323 e. The highest BCUT2D eigenvalue weighted by molar-refractivity contribution is 6.33. The van der Waals surface area contributed by atoms with Gasteiger partial charge in [-0.3, -0.25) is 0 Å². The molecule has 0 bridgehead atoms. The number of carbonyl (C=O) groups is 1. The van der Waals surface area contributed by atoms with Gasteiger partial charge >= 0.3 is 6.03 Å². The maximum absolute atomic E-state index is 13.9. The van der Waals surface area contributed by atoms with Crippen molar-refractivity contribution in [2.24, 2.45) is 0 Å².